The maximum absolute atomic E-state index is 12.7. The van der Waals surface area contributed by atoms with Gasteiger partial charge >= 0.3 is 6.18 Å². The van der Waals surface area contributed by atoms with Crippen LogP contribution in [0.5, 0.6) is 0 Å². The van der Waals surface area contributed by atoms with Crippen molar-refractivity contribution < 1.29 is 18.0 Å². The Kier molecular flexibility index (Phi) is 4.45. The largest absolute Gasteiger partial charge is 0.417 e. The van der Waals surface area contributed by atoms with Gasteiger partial charge in [-0.1, -0.05) is 11.6 Å². The molecule has 6 nitrogen and oxygen atoms in total. The highest BCUT2D eigenvalue weighted by atomic mass is 35.5. The summed E-state index contributed by atoms with van der Waals surface area (Å²) in [6.07, 6.45) is -1.61. The second-order valence-corrected chi connectivity index (χ2v) is 4.45. The van der Waals surface area contributed by atoms with E-state index in [9.17, 15) is 18.0 Å². The fourth-order valence-electron chi connectivity index (χ4n) is 1.58. The molecule has 10 heteroatoms. The van der Waals surface area contributed by atoms with Crippen LogP contribution in [0.3, 0.4) is 0 Å². The zero-order valence-corrected chi connectivity index (χ0v) is 11.8. The van der Waals surface area contributed by atoms with Crippen molar-refractivity contribution in [1.82, 2.24) is 15.0 Å². The molecular weight excluding hydrogens is 323 g/mol. The monoisotopic (exact) mass is 331 g/mol. The first kappa shape index (κ1) is 16.0. The molecule has 0 saturated heterocycles. The maximum Gasteiger partial charge on any atom is 0.417 e. The van der Waals surface area contributed by atoms with E-state index in [1.807, 2.05) is 0 Å². The summed E-state index contributed by atoms with van der Waals surface area (Å²) < 4.78 is 38.1. The van der Waals surface area contributed by atoms with Gasteiger partial charge in [0.15, 0.2) is 0 Å². The van der Waals surface area contributed by atoms with Crippen molar-refractivity contribution in [3.63, 3.8) is 0 Å². The van der Waals surface area contributed by atoms with Gasteiger partial charge in [-0.15, -0.1) is 0 Å². The summed E-state index contributed by atoms with van der Waals surface area (Å²) >= 11 is 5.77. The fraction of sp³-hybridized carbons (Fsp3) is 0.167. The van der Waals surface area contributed by atoms with E-state index in [1.165, 1.54) is 13.2 Å². The van der Waals surface area contributed by atoms with Crippen LogP contribution in [0, 0.1) is 0 Å². The van der Waals surface area contributed by atoms with Crippen LogP contribution in [0.1, 0.15) is 16.1 Å². The highest BCUT2D eigenvalue weighted by molar-refractivity contribution is 6.33. The first-order valence-corrected chi connectivity index (χ1v) is 6.22. The average molecular weight is 332 g/mol. The summed E-state index contributed by atoms with van der Waals surface area (Å²) in [6, 6.07) is 0.770. The van der Waals surface area contributed by atoms with E-state index in [0.717, 1.165) is 12.4 Å². The van der Waals surface area contributed by atoms with Crippen molar-refractivity contribution in [1.29, 1.82) is 0 Å². The van der Waals surface area contributed by atoms with E-state index >= 15 is 0 Å². The molecule has 0 aliphatic carbocycles. The summed E-state index contributed by atoms with van der Waals surface area (Å²) in [5, 5.41) is 4.86. The number of anilines is 2. The third-order valence-electron chi connectivity index (χ3n) is 2.58. The highest BCUT2D eigenvalue weighted by Crippen LogP contribution is 2.32. The number of carbonyl (C=O) groups is 1. The molecule has 2 rings (SSSR count). The van der Waals surface area contributed by atoms with Crippen molar-refractivity contribution in [2.45, 2.75) is 6.18 Å². The molecule has 116 valence electrons. The van der Waals surface area contributed by atoms with Crippen molar-refractivity contribution in [3.8, 4) is 0 Å². The van der Waals surface area contributed by atoms with Crippen molar-refractivity contribution >= 4 is 29.0 Å². The Labute approximate surface area is 127 Å². The molecule has 0 aliphatic heterocycles. The zero-order chi connectivity index (χ0) is 16.3. The number of carbonyl (C=O) groups excluding carboxylic acids is 1. The lowest BCUT2D eigenvalue weighted by atomic mass is 10.2. The third-order valence-corrected chi connectivity index (χ3v) is 2.86. The smallest absolute Gasteiger partial charge is 0.371 e. The van der Waals surface area contributed by atoms with E-state index in [-0.39, 0.29) is 22.2 Å². The average Bonchev–Trinajstić information content (AvgIpc) is 2.46. The Morgan fingerprint density at radius 2 is 2.00 bits per heavy atom. The molecule has 2 N–H and O–H groups in total. The molecule has 1 amide bonds. The standard InChI is InChI=1S/C12H9ClF3N5O/c1-17-10-8(2-6(3-19-10)12(14,15)16)21-11(22)9-7(13)4-18-5-20-9/h2-5H,1H3,(H,17,19)(H,21,22). The van der Waals surface area contributed by atoms with Gasteiger partial charge in [-0.05, 0) is 6.07 Å². The Hall–Kier alpha value is -2.42. The van der Waals surface area contributed by atoms with Crippen LogP contribution < -0.4 is 10.6 Å². The normalized spacial score (nSPS) is 11.1. The van der Waals surface area contributed by atoms with E-state index in [0.29, 0.717) is 6.20 Å². The minimum atomic E-state index is -4.58. The Morgan fingerprint density at radius 3 is 2.59 bits per heavy atom. The topological polar surface area (TPSA) is 79.8 Å². The minimum absolute atomic E-state index is 0.0223. The molecule has 2 heterocycles. The lowest BCUT2D eigenvalue weighted by molar-refractivity contribution is -0.137. The molecule has 2 aromatic heterocycles. The van der Waals surface area contributed by atoms with Crippen LogP contribution in [0.15, 0.2) is 24.8 Å². The number of aromatic nitrogens is 3. The molecule has 0 fully saturated rings. The molecule has 0 unspecified atom stereocenters. The molecule has 0 aromatic carbocycles. The SMILES string of the molecule is CNc1ncc(C(F)(F)F)cc1NC(=O)c1ncncc1Cl. The van der Waals surface area contributed by atoms with E-state index in [2.05, 4.69) is 25.6 Å². The summed E-state index contributed by atoms with van der Waals surface area (Å²) in [5.41, 5.74) is -1.29. The number of halogens is 4. The van der Waals surface area contributed by atoms with Gasteiger partial charge in [0, 0.05) is 19.4 Å². The van der Waals surface area contributed by atoms with Crippen LogP contribution in [-0.2, 0) is 6.18 Å². The third kappa shape index (κ3) is 3.42. The first-order valence-electron chi connectivity index (χ1n) is 5.84. The molecule has 2 aromatic rings. The van der Waals surface area contributed by atoms with Gasteiger partial charge in [-0.3, -0.25) is 4.79 Å². The van der Waals surface area contributed by atoms with Gasteiger partial charge in [0.1, 0.15) is 17.8 Å². The van der Waals surface area contributed by atoms with Gasteiger partial charge in [-0.2, -0.15) is 13.2 Å². The molecule has 0 aliphatic rings. The number of nitrogens with zero attached hydrogens (tertiary/aromatic N) is 3. The molecule has 0 bridgehead atoms. The second kappa shape index (κ2) is 6.14. The summed E-state index contributed by atoms with van der Waals surface area (Å²) in [4.78, 5) is 23.0. The van der Waals surface area contributed by atoms with Crippen molar-refractivity contribution in [3.05, 3.63) is 41.1 Å². The number of alkyl halides is 3. The number of hydrogen-bond donors (Lipinski definition) is 2. The first-order chi connectivity index (χ1) is 10.3. The number of nitrogens with one attached hydrogen (secondary N) is 2. The molecule has 0 atom stereocenters. The van der Waals surface area contributed by atoms with E-state index in [1.54, 1.807) is 0 Å². The number of pyridine rings is 1. The highest BCUT2D eigenvalue weighted by Gasteiger charge is 2.32. The lowest BCUT2D eigenvalue weighted by Gasteiger charge is -2.13. The summed E-state index contributed by atoms with van der Waals surface area (Å²) in [5.74, 6) is -0.698. The van der Waals surface area contributed by atoms with Gasteiger partial charge in [-0.25, -0.2) is 15.0 Å². The van der Waals surface area contributed by atoms with Crippen molar-refractivity contribution in [2.24, 2.45) is 0 Å². The van der Waals surface area contributed by atoms with Crippen molar-refractivity contribution in [2.75, 3.05) is 17.7 Å². The predicted octanol–water partition coefficient (Wildman–Crippen LogP) is 2.84. The van der Waals surface area contributed by atoms with Crippen LogP contribution in [0.4, 0.5) is 24.7 Å². The number of rotatable bonds is 3. The second-order valence-electron chi connectivity index (χ2n) is 4.04. The maximum atomic E-state index is 12.7. The Balaban J connectivity index is 2.36. The number of amides is 1. The predicted molar refractivity (Wildman–Crippen MR) is 73.8 cm³/mol. The number of hydrogen-bond acceptors (Lipinski definition) is 5. The van der Waals surface area contributed by atoms with Gasteiger partial charge in [0.25, 0.3) is 5.91 Å². The summed E-state index contributed by atoms with van der Waals surface area (Å²) in [7, 11) is 1.46. The van der Waals surface area contributed by atoms with Crippen LogP contribution in [0.2, 0.25) is 5.02 Å². The van der Waals surface area contributed by atoms with Gasteiger partial charge < -0.3 is 10.6 Å². The van der Waals surface area contributed by atoms with E-state index < -0.39 is 17.6 Å². The molecule has 22 heavy (non-hydrogen) atoms. The summed E-state index contributed by atoms with van der Waals surface area (Å²) in [6.45, 7) is 0. The fourth-order valence-corrected chi connectivity index (χ4v) is 1.77. The van der Waals surface area contributed by atoms with Crippen LogP contribution >= 0.6 is 11.6 Å². The van der Waals surface area contributed by atoms with E-state index in [4.69, 9.17) is 11.6 Å². The zero-order valence-electron chi connectivity index (χ0n) is 11.1. The van der Waals surface area contributed by atoms with Crippen LogP contribution in [0.25, 0.3) is 0 Å². The minimum Gasteiger partial charge on any atom is -0.371 e. The lowest BCUT2D eigenvalue weighted by Crippen LogP contribution is -2.17. The van der Waals surface area contributed by atoms with Gasteiger partial charge in [0.2, 0.25) is 0 Å². The Bertz CT molecular complexity index is 707. The van der Waals surface area contributed by atoms with Gasteiger partial charge in [0.05, 0.1) is 16.3 Å². The molecular formula is C12H9ClF3N5O. The van der Waals surface area contributed by atoms with Crippen LogP contribution in [-0.4, -0.2) is 27.9 Å². The quantitative estimate of drug-likeness (QED) is 0.904. The molecule has 0 saturated carbocycles. The Morgan fingerprint density at radius 1 is 1.27 bits per heavy atom. The molecule has 0 radical (unpaired) electrons. The molecule has 0 spiro atoms.